The van der Waals surface area contributed by atoms with Crippen LogP contribution in [0.5, 0.6) is 11.5 Å². The van der Waals surface area contributed by atoms with E-state index in [1.165, 1.54) is 24.1 Å². The average molecular weight is 379 g/mol. The van der Waals surface area contributed by atoms with Gasteiger partial charge in [-0.1, -0.05) is 23.7 Å². The van der Waals surface area contributed by atoms with E-state index in [9.17, 15) is 14.9 Å². The predicted octanol–water partition coefficient (Wildman–Crippen LogP) is 3.93. The third kappa shape index (κ3) is 4.43. The van der Waals surface area contributed by atoms with Gasteiger partial charge in [0, 0.05) is 24.7 Å². The number of hydrogen-bond acceptors (Lipinski definition) is 5. The van der Waals surface area contributed by atoms with E-state index in [0.29, 0.717) is 11.6 Å². The van der Waals surface area contributed by atoms with E-state index in [4.69, 9.17) is 21.1 Å². The SMILES string of the molecule is CCOc1cc(C(=O)N(C)Cc2ccc(Cl)cc2)c([N+](=O)[O-])cc1OC. The molecule has 7 nitrogen and oxygen atoms in total. The second-order valence-electron chi connectivity index (χ2n) is 5.50. The first kappa shape index (κ1) is 19.5. The van der Waals surface area contributed by atoms with Crippen LogP contribution in [0.3, 0.4) is 0 Å². The lowest BCUT2D eigenvalue weighted by atomic mass is 10.1. The molecule has 0 saturated carbocycles. The van der Waals surface area contributed by atoms with Crippen molar-refractivity contribution in [2.45, 2.75) is 13.5 Å². The maximum Gasteiger partial charge on any atom is 0.286 e. The first-order valence-corrected chi connectivity index (χ1v) is 8.24. The molecule has 0 aliphatic rings. The fourth-order valence-electron chi connectivity index (χ4n) is 2.44. The summed E-state index contributed by atoms with van der Waals surface area (Å²) in [7, 11) is 2.96. The highest BCUT2D eigenvalue weighted by Crippen LogP contribution is 2.35. The molecule has 0 unspecified atom stereocenters. The maximum absolute atomic E-state index is 12.8. The number of nitro benzene ring substituents is 1. The third-order valence-electron chi connectivity index (χ3n) is 3.69. The Morgan fingerprint density at radius 3 is 2.42 bits per heavy atom. The first-order valence-electron chi connectivity index (χ1n) is 7.86. The Kier molecular flexibility index (Phi) is 6.41. The maximum atomic E-state index is 12.8. The minimum absolute atomic E-state index is 0.0595. The van der Waals surface area contributed by atoms with Crippen molar-refractivity contribution in [2.24, 2.45) is 0 Å². The van der Waals surface area contributed by atoms with Gasteiger partial charge >= 0.3 is 0 Å². The molecular formula is C18H19ClN2O5. The summed E-state index contributed by atoms with van der Waals surface area (Å²) in [5, 5.41) is 12.0. The number of benzene rings is 2. The van der Waals surface area contributed by atoms with Crippen LogP contribution in [-0.4, -0.2) is 36.5 Å². The smallest absolute Gasteiger partial charge is 0.286 e. The van der Waals surface area contributed by atoms with Crippen molar-refractivity contribution < 1.29 is 19.2 Å². The quantitative estimate of drug-likeness (QED) is 0.538. The van der Waals surface area contributed by atoms with Gasteiger partial charge in [-0.05, 0) is 24.6 Å². The number of carbonyl (C=O) groups is 1. The highest BCUT2D eigenvalue weighted by molar-refractivity contribution is 6.30. The summed E-state index contributed by atoms with van der Waals surface area (Å²) in [5.41, 5.74) is 0.459. The molecule has 138 valence electrons. The zero-order valence-electron chi connectivity index (χ0n) is 14.7. The molecule has 2 rings (SSSR count). The number of amides is 1. The monoisotopic (exact) mass is 378 g/mol. The average Bonchev–Trinajstić information content (AvgIpc) is 2.62. The van der Waals surface area contributed by atoms with Crippen LogP contribution in [0.4, 0.5) is 5.69 Å². The number of nitrogens with zero attached hydrogens (tertiary/aromatic N) is 2. The van der Waals surface area contributed by atoms with Gasteiger partial charge in [-0.15, -0.1) is 0 Å². The lowest BCUT2D eigenvalue weighted by Gasteiger charge is -2.18. The highest BCUT2D eigenvalue weighted by atomic mass is 35.5. The van der Waals surface area contributed by atoms with E-state index in [1.807, 2.05) is 0 Å². The summed E-state index contributed by atoms with van der Waals surface area (Å²) in [6.07, 6.45) is 0. The van der Waals surface area contributed by atoms with Crippen LogP contribution in [0.25, 0.3) is 0 Å². The number of nitro groups is 1. The molecule has 2 aromatic rings. The second-order valence-corrected chi connectivity index (χ2v) is 5.93. The standard InChI is InChI=1S/C18H19ClN2O5/c1-4-26-17-9-14(15(21(23)24)10-16(17)25-3)18(22)20(2)11-12-5-7-13(19)8-6-12/h5-10H,4,11H2,1-3H3. The van der Waals surface area contributed by atoms with Gasteiger partial charge in [0.1, 0.15) is 5.56 Å². The molecule has 2 aromatic carbocycles. The summed E-state index contributed by atoms with van der Waals surface area (Å²) in [6, 6.07) is 9.58. The fraction of sp³-hybridized carbons (Fsp3) is 0.278. The predicted molar refractivity (Wildman–Crippen MR) is 98.1 cm³/mol. The molecule has 0 fully saturated rings. The lowest BCUT2D eigenvalue weighted by Crippen LogP contribution is -2.27. The van der Waals surface area contributed by atoms with Gasteiger partial charge in [-0.2, -0.15) is 0 Å². The van der Waals surface area contributed by atoms with Crippen molar-refractivity contribution >= 4 is 23.2 Å². The molecule has 0 heterocycles. The molecular weight excluding hydrogens is 360 g/mol. The summed E-state index contributed by atoms with van der Waals surface area (Å²) < 4.78 is 10.6. The highest BCUT2D eigenvalue weighted by Gasteiger charge is 2.26. The number of ether oxygens (including phenoxy) is 2. The van der Waals surface area contributed by atoms with Gasteiger partial charge in [-0.25, -0.2) is 0 Å². The molecule has 0 bridgehead atoms. The summed E-state index contributed by atoms with van der Waals surface area (Å²) in [6.45, 7) is 2.39. The van der Waals surface area contributed by atoms with Crippen LogP contribution >= 0.6 is 11.6 Å². The van der Waals surface area contributed by atoms with Crippen molar-refractivity contribution in [2.75, 3.05) is 20.8 Å². The molecule has 8 heteroatoms. The molecule has 0 atom stereocenters. The zero-order chi connectivity index (χ0) is 19.3. The summed E-state index contributed by atoms with van der Waals surface area (Å²) in [5.74, 6) is -0.00504. The second kappa shape index (κ2) is 8.53. The Balaban J connectivity index is 2.37. The topological polar surface area (TPSA) is 81.9 Å². The lowest BCUT2D eigenvalue weighted by molar-refractivity contribution is -0.385. The van der Waals surface area contributed by atoms with Crippen molar-refractivity contribution in [3.63, 3.8) is 0 Å². The summed E-state index contributed by atoms with van der Waals surface area (Å²) >= 11 is 5.86. The Morgan fingerprint density at radius 2 is 1.88 bits per heavy atom. The number of rotatable bonds is 7. The Morgan fingerprint density at radius 1 is 1.23 bits per heavy atom. The Hall–Kier alpha value is -2.80. The minimum atomic E-state index is -0.610. The van der Waals surface area contributed by atoms with Gasteiger partial charge < -0.3 is 14.4 Å². The van der Waals surface area contributed by atoms with Gasteiger partial charge in [0.25, 0.3) is 11.6 Å². The van der Waals surface area contributed by atoms with Crippen LogP contribution in [0, 0.1) is 10.1 Å². The molecule has 0 aliphatic heterocycles. The van der Waals surface area contributed by atoms with E-state index >= 15 is 0 Å². The van der Waals surface area contributed by atoms with Crippen molar-refractivity contribution in [3.8, 4) is 11.5 Å². The Labute approximate surface area is 156 Å². The molecule has 0 aliphatic carbocycles. The van der Waals surface area contributed by atoms with Crippen LogP contribution in [0.15, 0.2) is 36.4 Å². The molecule has 0 aromatic heterocycles. The number of halogens is 1. The Bertz CT molecular complexity index is 808. The van der Waals surface area contributed by atoms with E-state index in [2.05, 4.69) is 0 Å². The molecule has 1 amide bonds. The molecule has 0 N–H and O–H groups in total. The van der Waals surface area contributed by atoms with Crippen LogP contribution < -0.4 is 9.47 Å². The van der Waals surface area contributed by atoms with Crippen LogP contribution in [0.1, 0.15) is 22.8 Å². The van der Waals surface area contributed by atoms with Gasteiger partial charge in [0.05, 0.1) is 24.7 Å². The van der Waals surface area contributed by atoms with Gasteiger partial charge in [0.2, 0.25) is 0 Å². The molecule has 0 saturated heterocycles. The summed E-state index contributed by atoms with van der Waals surface area (Å²) in [4.78, 5) is 25.0. The van der Waals surface area contributed by atoms with Crippen molar-refractivity contribution in [1.29, 1.82) is 0 Å². The third-order valence-corrected chi connectivity index (χ3v) is 3.94. The minimum Gasteiger partial charge on any atom is -0.493 e. The van der Waals surface area contributed by atoms with E-state index in [-0.39, 0.29) is 29.3 Å². The molecule has 0 radical (unpaired) electrons. The van der Waals surface area contributed by atoms with Crippen LogP contribution in [-0.2, 0) is 6.54 Å². The van der Waals surface area contributed by atoms with E-state index < -0.39 is 10.8 Å². The van der Waals surface area contributed by atoms with Gasteiger partial charge in [0.15, 0.2) is 11.5 Å². The first-order chi connectivity index (χ1) is 12.4. The van der Waals surface area contributed by atoms with Crippen LogP contribution in [0.2, 0.25) is 5.02 Å². The molecule has 0 spiro atoms. The van der Waals surface area contributed by atoms with E-state index in [0.717, 1.165) is 5.56 Å². The van der Waals surface area contributed by atoms with Crippen molar-refractivity contribution in [1.82, 2.24) is 4.90 Å². The zero-order valence-corrected chi connectivity index (χ0v) is 15.4. The molecule has 26 heavy (non-hydrogen) atoms. The number of hydrogen-bond donors (Lipinski definition) is 0. The normalized spacial score (nSPS) is 10.3. The van der Waals surface area contributed by atoms with Gasteiger partial charge in [-0.3, -0.25) is 14.9 Å². The van der Waals surface area contributed by atoms with Crippen molar-refractivity contribution in [3.05, 3.63) is 62.7 Å². The fourth-order valence-corrected chi connectivity index (χ4v) is 2.57. The van der Waals surface area contributed by atoms with E-state index in [1.54, 1.807) is 38.2 Å². The number of methoxy groups -OCH3 is 1. The number of carbonyl (C=O) groups excluding carboxylic acids is 1. The largest absolute Gasteiger partial charge is 0.493 e.